The zero-order valence-corrected chi connectivity index (χ0v) is 19.7. The van der Waals surface area contributed by atoms with Gasteiger partial charge in [0.2, 0.25) is 5.91 Å². The van der Waals surface area contributed by atoms with Gasteiger partial charge in [-0.15, -0.1) is 0 Å². The van der Waals surface area contributed by atoms with E-state index >= 15 is 0 Å². The zero-order valence-electron chi connectivity index (χ0n) is 18.9. The van der Waals surface area contributed by atoms with Crippen molar-refractivity contribution in [1.82, 2.24) is 15.6 Å². The molecule has 1 fully saturated rings. The minimum atomic E-state index is -0.487. The number of benzene rings is 2. The van der Waals surface area contributed by atoms with Gasteiger partial charge < -0.3 is 21.1 Å². The van der Waals surface area contributed by atoms with Crippen molar-refractivity contribution in [3.05, 3.63) is 72.4 Å². The number of anilines is 2. The van der Waals surface area contributed by atoms with Crippen LogP contribution in [0.4, 0.5) is 16.2 Å². The molecule has 0 radical (unpaired) electrons. The van der Waals surface area contributed by atoms with E-state index in [-0.39, 0.29) is 24.0 Å². The van der Waals surface area contributed by atoms with E-state index in [1.54, 1.807) is 11.1 Å². The van der Waals surface area contributed by atoms with E-state index in [9.17, 15) is 9.59 Å². The average Bonchev–Trinajstić information content (AvgIpc) is 3.44. The molecular weight excluding hydrogens is 462 g/mol. The number of hydrogen-bond donors (Lipinski definition) is 3. The van der Waals surface area contributed by atoms with Crippen molar-refractivity contribution < 1.29 is 14.3 Å². The third-order valence-electron chi connectivity index (χ3n) is 6.74. The van der Waals surface area contributed by atoms with E-state index < -0.39 is 11.3 Å². The van der Waals surface area contributed by atoms with Gasteiger partial charge in [-0.2, -0.15) is 0 Å². The van der Waals surface area contributed by atoms with Crippen molar-refractivity contribution >= 4 is 35.1 Å². The van der Waals surface area contributed by atoms with Crippen LogP contribution in [0.1, 0.15) is 30.9 Å². The van der Waals surface area contributed by atoms with Crippen LogP contribution < -0.4 is 26.0 Å². The lowest BCUT2D eigenvalue weighted by molar-refractivity contribution is -0.121. The van der Waals surface area contributed by atoms with Gasteiger partial charge >= 0.3 is 6.03 Å². The van der Waals surface area contributed by atoms with Crippen molar-refractivity contribution in [2.75, 3.05) is 4.90 Å². The maximum absolute atomic E-state index is 13.3. The SMILES string of the molecule is N[C@@H]1CCC[C@H]1NC(=O)C1Sc2nccc3c2C1NC(=O)N3c1ccc(Oc2ccccc2)cc1. The molecule has 3 aromatic rings. The molecule has 1 saturated carbocycles. The van der Waals surface area contributed by atoms with E-state index in [0.29, 0.717) is 11.4 Å². The first-order chi connectivity index (χ1) is 17.1. The molecule has 0 spiro atoms. The number of nitrogens with zero attached hydrogens (tertiary/aromatic N) is 2. The number of para-hydroxylation sites is 1. The minimum Gasteiger partial charge on any atom is -0.457 e. The summed E-state index contributed by atoms with van der Waals surface area (Å²) >= 11 is 1.39. The predicted octanol–water partition coefficient (Wildman–Crippen LogP) is 4.25. The molecule has 178 valence electrons. The number of aromatic nitrogens is 1. The highest BCUT2D eigenvalue weighted by molar-refractivity contribution is 8.01. The second-order valence-corrected chi connectivity index (χ2v) is 10.1. The Balaban J connectivity index is 1.25. The lowest BCUT2D eigenvalue weighted by Crippen LogP contribution is -2.52. The Morgan fingerprint density at radius 2 is 1.86 bits per heavy atom. The fraction of sp³-hybridized carbons (Fsp3) is 0.269. The maximum atomic E-state index is 13.3. The molecule has 3 aliphatic rings. The second kappa shape index (κ2) is 8.90. The van der Waals surface area contributed by atoms with Gasteiger partial charge in [-0.25, -0.2) is 9.78 Å². The highest BCUT2D eigenvalue weighted by atomic mass is 32.2. The van der Waals surface area contributed by atoms with Gasteiger partial charge in [-0.3, -0.25) is 9.69 Å². The summed E-state index contributed by atoms with van der Waals surface area (Å²) in [7, 11) is 0. The van der Waals surface area contributed by atoms with Gasteiger partial charge in [0.1, 0.15) is 21.8 Å². The quantitative estimate of drug-likeness (QED) is 0.497. The summed E-state index contributed by atoms with van der Waals surface area (Å²) in [4.78, 5) is 32.6. The monoisotopic (exact) mass is 487 g/mol. The molecule has 2 aromatic carbocycles. The van der Waals surface area contributed by atoms with Crippen LogP contribution in [0.5, 0.6) is 11.5 Å². The molecule has 4 atom stereocenters. The van der Waals surface area contributed by atoms with Gasteiger partial charge in [0.25, 0.3) is 0 Å². The Morgan fingerprint density at radius 3 is 2.60 bits per heavy atom. The van der Waals surface area contributed by atoms with Crippen molar-refractivity contribution in [3.63, 3.8) is 0 Å². The molecule has 1 aliphatic carbocycles. The van der Waals surface area contributed by atoms with Crippen molar-refractivity contribution in [2.45, 2.75) is 47.7 Å². The summed E-state index contributed by atoms with van der Waals surface area (Å²) < 4.78 is 5.88. The van der Waals surface area contributed by atoms with Crippen LogP contribution in [-0.4, -0.2) is 34.3 Å². The topological polar surface area (TPSA) is 110 Å². The highest BCUT2D eigenvalue weighted by Gasteiger charge is 2.47. The summed E-state index contributed by atoms with van der Waals surface area (Å²) in [5, 5.41) is 6.43. The normalized spacial score (nSPS) is 24.6. The summed E-state index contributed by atoms with van der Waals surface area (Å²) in [6.07, 6.45) is 4.50. The number of thioether (sulfide) groups is 1. The molecular formula is C26H25N5O3S. The predicted molar refractivity (Wildman–Crippen MR) is 134 cm³/mol. The zero-order chi connectivity index (χ0) is 23.9. The smallest absolute Gasteiger partial charge is 0.327 e. The van der Waals surface area contributed by atoms with Gasteiger partial charge in [0, 0.05) is 23.8 Å². The van der Waals surface area contributed by atoms with Crippen LogP contribution in [0.3, 0.4) is 0 Å². The molecule has 35 heavy (non-hydrogen) atoms. The summed E-state index contributed by atoms with van der Waals surface area (Å²) in [5.41, 5.74) is 8.46. The lowest BCUT2D eigenvalue weighted by atomic mass is 9.99. The van der Waals surface area contributed by atoms with Gasteiger partial charge in [-0.1, -0.05) is 30.0 Å². The van der Waals surface area contributed by atoms with E-state index in [1.165, 1.54) is 11.8 Å². The molecule has 0 bridgehead atoms. The molecule has 3 amide bonds. The standard InChI is InChI=1S/C26H25N5O3S/c27-18-7-4-8-19(18)29-24(32)23-22-21-20(13-14-28-25(21)35-23)31(26(33)30-22)15-9-11-17(12-10-15)34-16-5-2-1-3-6-16/h1-3,5-6,9-14,18-19,22-23H,4,7-8,27H2,(H,29,32)(H,30,33)/t18-,19-,22?,23?/m1/s1. The van der Waals surface area contributed by atoms with Gasteiger partial charge in [-0.05, 0) is 61.7 Å². The highest BCUT2D eigenvalue weighted by Crippen LogP contribution is 2.50. The van der Waals surface area contributed by atoms with E-state index in [2.05, 4.69) is 15.6 Å². The van der Waals surface area contributed by atoms with E-state index in [0.717, 1.165) is 41.3 Å². The Labute approximate surface area is 207 Å². The number of pyridine rings is 1. The number of rotatable bonds is 5. The molecule has 2 unspecified atom stereocenters. The Kier molecular flexibility index (Phi) is 5.58. The van der Waals surface area contributed by atoms with E-state index in [1.807, 2.05) is 60.7 Å². The molecule has 2 aliphatic heterocycles. The molecule has 0 saturated heterocycles. The Bertz CT molecular complexity index is 1270. The fourth-order valence-electron chi connectivity index (χ4n) is 5.00. The first kappa shape index (κ1) is 21.9. The molecule has 4 N–H and O–H groups in total. The molecule has 9 heteroatoms. The third kappa shape index (κ3) is 4.00. The van der Waals surface area contributed by atoms with Crippen molar-refractivity contribution in [1.29, 1.82) is 0 Å². The van der Waals surface area contributed by atoms with Crippen LogP contribution in [-0.2, 0) is 4.79 Å². The van der Waals surface area contributed by atoms with Crippen LogP contribution in [0, 0.1) is 0 Å². The number of amides is 3. The van der Waals surface area contributed by atoms with Crippen molar-refractivity contribution in [3.8, 4) is 11.5 Å². The maximum Gasteiger partial charge on any atom is 0.327 e. The summed E-state index contributed by atoms with van der Waals surface area (Å²) in [5.74, 6) is 1.31. The second-order valence-electron chi connectivity index (χ2n) is 8.97. The number of carbonyl (C=O) groups excluding carboxylic acids is 2. The molecule has 1 aromatic heterocycles. The lowest BCUT2D eigenvalue weighted by Gasteiger charge is -2.34. The fourth-order valence-corrected chi connectivity index (χ4v) is 6.24. The summed E-state index contributed by atoms with van der Waals surface area (Å²) in [6.45, 7) is 0. The first-order valence-corrected chi connectivity index (χ1v) is 12.6. The number of hydrogen-bond acceptors (Lipinski definition) is 6. The first-order valence-electron chi connectivity index (χ1n) is 11.7. The van der Waals surface area contributed by atoms with E-state index in [4.69, 9.17) is 10.5 Å². The Morgan fingerprint density at radius 1 is 1.09 bits per heavy atom. The van der Waals surface area contributed by atoms with Crippen LogP contribution >= 0.6 is 11.8 Å². The van der Waals surface area contributed by atoms with Crippen LogP contribution in [0.25, 0.3) is 0 Å². The average molecular weight is 488 g/mol. The molecule has 3 heterocycles. The number of ether oxygens (including phenoxy) is 1. The van der Waals surface area contributed by atoms with Crippen LogP contribution in [0.2, 0.25) is 0 Å². The van der Waals surface area contributed by atoms with Crippen LogP contribution in [0.15, 0.2) is 71.9 Å². The summed E-state index contributed by atoms with van der Waals surface area (Å²) in [6, 6.07) is 17.9. The number of nitrogens with one attached hydrogen (secondary N) is 2. The number of carbonyl (C=O) groups is 2. The number of nitrogens with two attached hydrogens (primary N) is 1. The van der Waals surface area contributed by atoms with Gasteiger partial charge in [0.15, 0.2) is 0 Å². The molecule has 6 rings (SSSR count). The Hall–Kier alpha value is -3.56. The third-order valence-corrected chi connectivity index (χ3v) is 8.02. The largest absolute Gasteiger partial charge is 0.457 e. The van der Waals surface area contributed by atoms with Gasteiger partial charge in [0.05, 0.1) is 17.4 Å². The van der Waals surface area contributed by atoms with Crippen molar-refractivity contribution in [2.24, 2.45) is 5.73 Å². The minimum absolute atomic E-state index is 0.0216. The number of urea groups is 1. The molecule has 8 nitrogen and oxygen atoms in total.